The molecule has 4 heteroatoms. The number of hydrogen-bond donors (Lipinski definition) is 2. The fourth-order valence-corrected chi connectivity index (χ4v) is 1.57. The Morgan fingerprint density at radius 1 is 1.53 bits per heavy atom. The molecule has 0 radical (unpaired) electrons. The van der Waals surface area contributed by atoms with Crippen molar-refractivity contribution in [1.29, 1.82) is 0 Å². The highest BCUT2D eigenvalue weighted by Crippen LogP contribution is 2.14. The Kier molecular flexibility index (Phi) is 4.85. The van der Waals surface area contributed by atoms with Crippen molar-refractivity contribution in [3.8, 4) is 0 Å². The molecule has 0 aromatic heterocycles. The summed E-state index contributed by atoms with van der Waals surface area (Å²) in [5, 5.41) is 7.59. The van der Waals surface area contributed by atoms with E-state index in [0.717, 1.165) is 12.1 Å². The first-order valence-corrected chi connectivity index (χ1v) is 5.73. The summed E-state index contributed by atoms with van der Waals surface area (Å²) in [6, 6.07) is 7.86. The normalized spacial score (nSPS) is 11.9. The Hall–Kier alpha value is -0.800. The minimum Gasteiger partial charge on any atom is -0.360 e. The minimum absolute atomic E-state index is 0.379. The third-order valence-electron chi connectivity index (χ3n) is 2.07. The summed E-state index contributed by atoms with van der Waals surface area (Å²) in [5.41, 5.74) is 0.906. The average molecular weight is 243 g/mol. The lowest BCUT2D eigenvalue weighted by Crippen LogP contribution is -2.35. The number of thiocarbonyl (C=S) groups is 1. The molecule has 1 atom stereocenters. The highest BCUT2D eigenvalue weighted by Gasteiger charge is 2.01. The Bertz CT molecular complexity index is 341. The van der Waals surface area contributed by atoms with Crippen LogP contribution >= 0.6 is 23.8 Å². The summed E-state index contributed by atoms with van der Waals surface area (Å²) in [4.78, 5) is 0. The van der Waals surface area contributed by atoms with Crippen molar-refractivity contribution in [2.24, 2.45) is 0 Å². The second kappa shape index (κ2) is 5.93. The number of benzene rings is 1. The van der Waals surface area contributed by atoms with Gasteiger partial charge in [-0.3, -0.25) is 0 Å². The zero-order valence-electron chi connectivity index (χ0n) is 8.88. The van der Waals surface area contributed by atoms with Crippen molar-refractivity contribution in [2.75, 3.05) is 5.32 Å². The van der Waals surface area contributed by atoms with E-state index in [0.29, 0.717) is 16.2 Å². The maximum atomic E-state index is 5.86. The Labute approximate surface area is 101 Å². The minimum atomic E-state index is 0.379. The van der Waals surface area contributed by atoms with Gasteiger partial charge in [-0.25, -0.2) is 0 Å². The van der Waals surface area contributed by atoms with Crippen LogP contribution in [-0.4, -0.2) is 11.2 Å². The largest absolute Gasteiger partial charge is 0.360 e. The van der Waals surface area contributed by atoms with Crippen molar-refractivity contribution in [1.82, 2.24) is 5.32 Å². The average Bonchev–Trinajstić information content (AvgIpc) is 2.17. The molecular formula is C11H15ClN2S. The molecule has 1 rings (SSSR count). The van der Waals surface area contributed by atoms with E-state index < -0.39 is 0 Å². The fraction of sp³-hybridized carbons (Fsp3) is 0.364. The highest BCUT2D eigenvalue weighted by atomic mass is 35.5. The van der Waals surface area contributed by atoms with Gasteiger partial charge in [0, 0.05) is 16.8 Å². The summed E-state index contributed by atoms with van der Waals surface area (Å²) in [5.74, 6) is 0. The van der Waals surface area contributed by atoms with Gasteiger partial charge in [0.25, 0.3) is 0 Å². The van der Waals surface area contributed by atoms with Crippen molar-refractivity contribution < 1.29 is 0 Å². The molecule has 0 saturated heterocycles. The Morgan fingerprint density at radius 2 is 2.27 bits per heavy atom. The van der Waals surface area contributed by atoms with E-state index in [1.165, 1.54) is 0 Å². The van der Waals surface area contributed by atoms with E-state index in [1.807, 2.05) is 24.3 Å². The van der Waals surface area contributed by atoms with Gasteiger partial charge < -0.3 is 10.6 Å². The molecule has 0 amide bonds. The van der Waals surface area contributed by atoms with Gasteiger partial charge in [0.2, 0.25) is 0 Å². The summed E-state index contributed by atoms with van der Waals surface area (Å²) >= 11 is 11.0. The summed E-state index contributed by atoms with van der Waals surface area (Å²) in [6.45, 7) is 4.20. The van der Waals surface area contributed by atoms with Crippen LogP contribution in [0.25, 0.3) is 0 Å². The molecule has 1 aromatic carbocycles. The quantitative estimate of drug-likeness (QED) is 0.795. The van der Waals surface area contributed by atoms with Gasteiger partial charge >= 0.3 is 0 Å². The summed E-state index contributed by atoms with van der Waals surface area (Å²) in [7, 11) is 0. The van der Waals surface area contributed by atoms with Gasteiger partial charge in [-0.1, -0.05) is 24.6 Å². The number of hydrogen-bond acceptors (Lipinski definition) is 1. The monoisotopic (exact) mass is 242 g/mol. The number of rotatable bonds is 3. The molecule has 15 heavy (non-hydrogen) atoms. The van der Waals surface area contributed by atoms with Crippen LogP contribution in [-0.2, 0) is 0 Å². The van der Waals surface area contributed by atoms with Crippen molar-refractivity contribution in [2.45, 2.75) is 26.3 Å². The molecule has 0 unspecified atom stereocenters. The molecular weight excluding hydrogens is 228 g/mol. The predicted octanol–water partition coefficient (Wildman–Crippen LogP) is 3.42. The maximum Gasteiger partial charge on any atom is 0.170 e. The zero-order valence-corrected chi connectivity index (χ0v) is 10.5. The number of nitrogens with one attached hydrogen (secondary N) is 2. The fourth-order valence-electron chi connectivity index (χ4n) is 1.06. The molecule has 82 valence electrons. The predicted molar refractivity (Wildman–Crippen MR) is 70.6 cm³/mol. The zero-order chi connectivity index (χ0) is 11.3. The van der Waals surface area contributed by atoms with Crippen LogP contribution in [0.4, 0.5) is 5.69 Å². The lowest BCUT2D eigenvalue weighted by molar-refractivity contribution is 0.646. The summed E-state index contributed by atoms with van der Waals surface area (Å²) < 4.78 is 0. The van der Waals surface area contributed by atoms with Crippen molar-refractivity contribution in [3.63, 3.8) is 0 Å². The second-order valence-electron chi connectivity index (χ2n) is 3.42. The lowest BCUT2D eigenvalue weighted by atomic mass is 10.3. The van der Waals surface area contributed by atoms with Crippen LogP contribution in [0.15, 0.2) is 24.3 Å². The number of anilines is 1. The first kappa shape index (κ1) is 12.3. The van der Waals surface area contributed by atoms with Gasteiger partial charge in [-0.05, 0) is 43.8 Å². The Balaban J connectivity index is 2.51. The standard InChI is InChI=1S/C11H15ClN2S/c1-3-8(2)13-11(15)14-10-6-4-5-9(12)7-10/h4-8H,3H2,1-2H3,(H2,13,14,15)/t8-/m1/s1. The SMILES string of the molecule is CC[C@@H](C)NC(=S)Nc1cccc(Cl)c1. The first-order valence-electron chi connectivity index (χ1n) is 4.95. The molecule has 0 bridgehead atoms. The van der Waals surface area contributed by atoms with E-state index in [-0.39, 0.29) is 0 Å². The van der Waals surface area contributed by atoms with Gasteiger partial charge in [0.15, 0.2) is 5.11 Å². The molecule has 0 heterocycles. The van der Waals surface area contributed by atoms with Gasteiger partial charge in [0.05, 0.1) is 0 Å². The molecule has 0 spiro atoms. The number of halogens is 1. The van der Waals surface area contributed by atoms with E-state index in [4.69, 9.17) is 23.8 Å². The first-order chi connectivity index (χ1) is 7.11. The van der Waals surface area contributed by atoms with E-state index in [2.05, 4.69) is 24.5 Å². The van der Waals surface area contributed by atoms with E-state index in [1.54, 1.807) is 0 Å². The smallest absolute Gasteiger partial charge is 0.170 e. The third kappa shape index (κ3) is 4.49. The molecule has 0 saturated carbocycles. The molecule has 0 fully saturated rings. The van der Waals surface area contributed by atoms with Crippen LogP contribution < -0.4 is 10.6 Å². The van der Waals surface area contributed by atoms with Crippen LogP contribution in [0.3, 0.4) is 0 Å². The van der Waals surface area contributed by atoms with Gasteiger partial charge in [0.1, 0.15) is 0 Å². The van der Waals surface area contributed by atoms with Crippen LogP contribution in [0, 0.1) is 0 Å². The molecule has 2 N–H and O–H groups in total. The van der Waals surface area contributed by atoms with Crippen LogP contribution in [0.5, 0.6) is 0 Å². The van der Waals surface area contributed by atoms with Gasteiger partial charge in [-0.2, -0.15) is 0 Å². The van der Waals surface area contributed by atoms with E-state index >= 15 is 0 Å². The lowest BCUT2D eigenvalue weighted by Gasteiger charge is -2.15. The maximum absolute atomic E-state index is 5.86. The van der Waals surface area contributed by atoms with Crippen LogP contribution in [0.1, 0.15) is 20.3 Å². The van der Waals surface area contributed by atoms with Crippen molar-refractivity contribution in [3.05, 3.63) is 29.3 Å². The third-order valence-corrected chi connectivity index (χ3v) is 2.53. The van der Waals surface area contributed by atoms with Gasteiger partial charge in [-0.15, -0.1) is 0 Å². The van der Waals surface area contributed by atoms with Crippen molar-refractivity contribution >= 4 is 34.6 Å². The molecule has 0 aliphatic rings. The molecule has 0 aliphatic heterocycles. The topological polar surface area (TPSA) is 24.1 Å². The Morgan fingerprint density at radius 3 is 2.87 bits per heavy atom. The highest BCUT2D eigenvalue weighted by molar-refractivity contribution is 7.80. The molecule has 2 nitrogen and oxygen atoms in total. The van der Waals surface area contributed by atoms with E-state index in [9.17, 15) is 0 Å². The second-order valence-corrected chi connectivity index (χ2v) is 4.26. The van der Waals surface area contributed by atoms with Crippen LogP contribution in [0.2, 0.25) is 5.02 Å². The molecule has 1 aromatic rings. The molecule has 0 aliphatic carbocycles. The summed E-state index contributed by atoms with van der Waals surface area (Å²) in [6.07, 6.45) is 1.04.